The molecule has 0 aliphatic carbocycles. The molecule has 2 aliphatic heterocycles. The number of hydrogen-bond donors (Lipinski definition) is 1. The number of hydrogen-bond acceptors (Lipinski definition) is 5. The molecule has 1 aromatic carbocycles. The minimum Gasteiger partial charge on any atom is -0.497 e. The molecule has 0 bridgehead atoms. The molecule has 1 atom stereocenters. The van der Waals surface area contributed by atoms with Gasteiger partial charge in [0.25, 0.3) is 0 Å². The van der Waals surface area contributed by atoms with Crippen LogP contribution in [0, 0.1) is 5.92 Å². The molecule has 0 spiro atoms. The van der Waals surface area contributed by atoms with Crippen molar-refractivity contribution in [2.45, 2.75) is 36.6 Å². The molecule has 1 aromatic rings. The first-order chi connectivity index (χ1) is 13.0. The van der Waals surface area contributed by atoms with Crippen molar-refractivity contribution in [3.8, 4) is 5.75 Å². The van der Waals surface area contributed by atoms with Crippen molar-refractivity contribution < 1.29 is 17.9 Å². The molecular formula is C19H30ClN3O4S. The number of rotatable bonds is 6. The van der Waals surface area contributed by atoms with E-state index in [2.05, 4.69) is 5.32 Å². The molecule has 2 heterocycles. The molecular weight excluding hydrogens is 402 g/mol. The van der Waals surface area contributed by atoms with E-state index in [1.54, 1.807) is 31.4 Å². The van der Waals surface area contributed by atoms with Crippen molar-refractivity contribution in [3.05, 3.63) is 24.3 Å². The lowest BCUT2D eigenvalue weighted by Crippen LogP contribution is -2.47. The van der Waals surface area contributed by atoms with Crippen LogP contribution in [0.5, 0.6) is 5.75 Å². The van der Waals surface area contributed by atoms with Crippen LogP contribution in [0.4, 0.5) is 0 Å². The average molecular weight is 432 g/mol. The second-order valence-electron chi connectivity index (χ2n) is 7.24. The topological polar surface area (TPSA) is 79.0 Å². The smallest absolute Gasteiger partial charge is 0.243 e. The zero-order chi connectivity index (χ0) is 19.4. The predicted octanol–water partition coefficient (Wildman–Crippen LogP) is 1.73. The van der Waals surface area contributed by atoms with Crippen LogP contribution in [0.3, 0.4) is 0 Å². The summed E-state index contributed by atoms with van der Waals surface area (Å²) in [6.45, 7) is 2.40. The maximum Gasteiger partial charge on any atom is 0.243 e. The molecule has 0 aromatic heterocycles. The lowest BCUT2D eigenvalue weighted by Gasteiger charge is -2.34. The Labute approximate surface area is 173 Å². The van der Waals surface area contributed by atoms with Gasteiger partial charge in [-0.05, 0) is 57.0 Å². The summed E-state index contributed by atoms with van der Waals surface area (Å²) in [6.07, 6.45) is 3.24. The van der Waals surface area contributed by atoms with Gasteiger partial charge >= 0.3 is 0 Å². The number of carbonyl (C=O) groups excluding carboxylic acids is 1. The average Bonchev–Trinajstić information content (AvgIpc) is 3.16. The third-order valence-corrected chi connectivity index (χ3v) is 7.51. The summed E-state index contributed by atoms with van der Waals surface area (Å²) in [5.41, 5.74) is 0. The lowest BCUT2D eigenvalue weighted by atomic mass is 9.96. The number of likely N-dealkylation sites (tertiary alicyclic amines) is 1. The van der Waals surface area contributed by atoms with E-state index in [9.17, 15) is 13.2 Å². The first-order valence-corrected chi connectivity index (χ1v) is 11.0. The number of nitrogens with one attached hydrogen (secondary N) is 1. The summed E-state index contributed by atoms with van der Waals surface area (Å²) in [7, 11) is -0.0770. The fraction of sp³-hybridized carbons (Fsp3) is 0.632. The van der Waals surface area contributed by atoms with Crippen LogP contribution < -0.4 is 10.1 Å². The van der Waals surface area contributed by atoms with Crippen LogP contribution in [0.1, 0.15) is 25.7 Å². The molecule has 7 nitrogen and oxygen atoms in total. The van der Waals surface area contributed by atoms with E-state index < -0.39 is 10.0 Å². The third kappa shape index (κ3) is 4.79. The quantitative estimate of drug-likeness (QED) is 0.742. The van der Waals surface area contributed by atoms with Crippen LogP contribution in [0.2, 0.25) is 0 Å². The van der Waals surface area contributed by atoms with Crippen molar-refractivity contribution in [2.75, 3.05) is 40.3 Å². The SMILES string of the molecule is CNCC1CCCN1C(=O)C1CCN(S(=O)(=O)c2ccc(OC)cc2)CC1.Cl. The lowest BCUT2D eigenvalue weighted by molar-refractivity contribution is -0.137. The first-order valence-electron chi connectivity index (χ1n) is 9.56. The number of piperidine rings is 1. The van der Waals surface area contributed by atoms with E-state index >= 15 is 0 Å². The van der Waals surface area contributed by atoms with Gasteiger partial charge in [0.2, 0.25) is 15.9 Å². The molecule has 2 fully saturated rings. The normalized spacial score (nSPS) is 21.4. The highest BCUT2D eigenvalue weighted by Crippen LogP contribution is 2.28. The Morgan fingerprint density at radius 2 is 1.79 bits per heavy atom. The van der Waals surface area contributed by atoms with Gasteiger partial charge in [-0.1, -0.05) is 0 Å². The zero-order valence-corrected chi connectivity index (χ0v) is 18.1. The Morgan fingerprint density at radius 3 is 2.36 bits per heavy atom. The van der Waals surface area contributed by atoms with Crippen LogP contribution in [-0.4, -0.2) is 69.9 Å². The van der Waals surface area contributed by atoms with Gasteiger partial charge in [0.05, 0.1) is 12.0 Å². The first kappa shape index (κ1) is 22.9. The molecule has 158 valence electrons. The summed E-state index contributed by atoms with van der Waals surface area (Å²) in [6, 6.07) is 6.70. The molecule has 0 saturated carbocycles. The van der Waals surface area contributed by atoms with Crippen LogP contribution in [-0.2, 0) is 14.8 Å². The number of benzene rings is 1. The van der Waals surface area contributed by atoms with Crippen molar-refractivity contribution >= 4 is 28.3 Å². The Balaban J connectivity index is 0.00000280. The van der Waals surface area contributed by atoms with Gasteiger partial charge in [-0.3, -0.25) is 4.79 Å². The van der Waals surface area contributed by atoms with E-state index in [0.29, 0.717) is 31.7 Å². The molecule has 0 radical (unpaired) electrons. The van der Waals surface area contributed by atoms with Crippen LogP contribution >= 0.6 is 12.4 Å². The van der Waals surface area contributed by atoms with Gasteiger partial charge in [0.1, 0.15) is 5.75 Å². The summed E-state index contributed by atoms with van der Waals surface area (Å²) >= 11 is 0. The van der Waals surface area contributed by atoms with E-state index in [1.807, 2.05) is 11.9 Å². The molecule has 3 rings (SSSR count). The fourth-order valence-electron chi connectivity index (χ4n) is 4.05. The number of sulfonamides is 1. The highest BCUT2D eigenvalue weighted by atomic mass is 35.5. The highest BCUT2D eigenvalue weighted by Gasteiger charge is 2.36. The van der Waals surface area contributed by atoms with Crippen molar-refractivity contribution in [1.29, 1.82) is 0 Å². The van der Waals surface area contributed by atoms with Gasteiger partial charge in [0.15, 0.2) is 0 Å². The van der Waals surface area contributed by atoms with Gasteiger partial charge < -0.3 is 15.0 Å². The van der Waals surface area contributed by atoms with E-state index in [4.69, 9.17) is 4.74 Å². The van der Waals surface area contributed by atoms with Crippen LogP contribution in [0.25, 0.3) is 0 Å². The fourth-order valence-corrected chi connectivity index (χ4v) is 5.52. The number of nitrogens with zero attached hydrogens (tertiary/aromatic N) is 2. The number of ether oxygens (including phenoxy) is 1. The molecule has 1 unspecified atom stereocenters. The minimum atomic E-state index is -3.53. The maximum absolute atomic E-state index is 12.9. The standard InChI is InChI=1S/C19H29N3O4S.ClH/c1-20-14-16-4-3-11-22(16)19(23)15-9-12-21(13-10-15)27(24,25)18-7-5-17(26-2)6-8-18;/h5-8,15-16,20H,3-4,9-14H2,1-2H3;1H. The summed E-state index contributed by atoms with van der Waals surface area (Å²) < 4.78 is 32.3. The number of methoxy groups -OCH3 is 1. The van der Waals surface area contributed by atoms with E-state index in [1.165, 1.54) is 4.31 Å². The second-order valence-corrected chi connectivity index (χ2v) is 9.18. The maximum atomic E-state index is 12.9. The number of halogens is 1. The third-order valence-electron chi connectivity index (χ3n) is 5.60. The van der Waals surface area contributed by atoms with Gasteiger partial charge in [-0.2, -0.15) is 4.31 Å². The molecule has 2 aliphatic rings. The Morgan fingerprint density at radius 1 is 1.14 bits per heavy atom. The molecule has 2 saturated heterocycles. The monoisotopic (exact) mass is 431 g/mol. The number of amides is 1. The Hall–Kier alpha value is -1.35. The molecule has 1 N–H and O–H groups in total. The number of carbonyl (C=O) groups is 1. The molecule has 9 heteroatoms. The van der Waals surface area contributed by atoms with Gasteiger partial charge in [-0.25, -0.2) is 8.42 Å². The van der Waals surface area contributed by atoms with Crippen LogP contribution in [0.15, 0.2) is 29.2 Å². The second kappa shape index (κ2) is 9.91. The molecule has 28 heavy (non-hydrogen) atoms. The summed E-state index contributed by atoms with van der Waals surface area (Å²) in [5.74, 6) is 0.735. The number of likely N-dealkylation sites (N-methyl/N-ethyl adjacent to an activating group) is 1. The summed E-state index contributed by atoms with van der Waals surface area (Å²) in [5, 5.41) is 3.16. The van der Waals surface area contributed by atoms with Gasteiger partial charge in [-0.15, -0.1) is 12.4 Å². The predicted molar refractivity (Wildman–Crippen MR) is 110 cm³/mol. The largest absolute Gasteiger partial charge is 0.497 e. The van der Waals surface area contributed by atoms with Gasteiger partial charge in [0, 0.05) is 38.1 Å². The van der Waals surface area contributed by atoms with Crippen molar-refractivity contribution in [1.82, 2.24) is 14.5 Å². The highest BCUT2D eigenvalue weighted by molar-refractivity contribution is 7.89. The molecule has 1 amide bonds. The zero-order valence-electron chi connectivity index (χ0n) is 16.5. The summed E-state index contributed by atoms with van der Waals surface area (Å²) in [4.78, 5) is 15.2. The van der Waals surface area contributed by atoms with E-state index in [0.717, 1.165) is 25.9 Å². The Kier molecular flexibility index (Phi) is 8.12. The van der Waals surface area contributed by atoms with Crippen molar-refractivity contribution in [2.24, 2.45) is 5.92 Å². The van der Waals surface area contributed by atoms with E-state index in [-0.39, 0.29) is 35.2 Å². The van der Waals surface area contributed by atoms with Crippen molar-refractivity contribution in [3.63, 3.8) is 0 Å². The Bertz CT molecular complexity index is 749. The minimum absolute atomic E-state index is 0.